The molecular formula is C18H14Cl2FN3O3. The highest BCUT2D eigenvalue weighted by Crippen LogP contribution is 2.31. The maximum atomic E-state index is 13.6. The van der Waals surface area contributed by atoms with Gasteiger partial charge in [0, 0.05) is 5.56 Å². The smallest absolute Gasteiger partial charge is 0.265 e. The maximum Gasteiger partial charge on any atom is 0.265 e. The monoisotopic (exact) mass is 409 g/mol. The molecule has 2 aromatic rings. The third-order valence-corrected chi connectivity index (χ3v) is 4.55. The number of anilines is 1. The molecule has 6 nitrogen and oxygen atoms in total. The lowest BCUT2D eigenvalue weighted by Crippen LogP contribution is -2.44. The van der Waals surface area contributed by atoms with E-state index in [-0.39, 0.29) is 40.4 Å². The first-order chi connectivity index (χ1) is 12.9. The molecule has 0 spiro atoms. The highest BCUT2D eigenvalue weighted by atomic mass is 35.5. The van der Waals surface area contributed by atoms with Crippen molar-refractivity contribution >= 4 is 46.4 Å². The summed E-state index contributed by atoms with van der Waals surface area (Å²) >= 11 is 12.0. The minimum absolute atomic E-state index is 0.152. The number of para-hydroxylation sites is 2. The molecule has 1 N–H and O–H groups in total. The third kappa shape index (κ3) is 4.04. The summed E-state index contributed by atoms with van der Waals surface area (Å²) in [6, 6.07) is 9.39. The molecular weight excluding hydrogens is 396 g/mol. The van der Waals surface area contributed by atoms with Crippen molar-refractivity contribution < 1.29 is 18.7 Å². The maximum absolute atomic E-state index is 13.6. The van der Waals surface area contributed by atoms with Crippen LogP contribution < -0.4 is 15.1 Å². The van der Waals surface area contributed by atoms with Gasteiger partial charge in [0.1, 0.15) is 18.1 Å². The molecule has 1 aliphatic rings. The van der Waals surface area contributed by atoms with E-state index >= 15 is 0 Å². The molecule has 3 rings (SSSR count). The van der Waals surface area contributed by atoms with Crippen molar-refractivity contribution in [3.63, 3.8) is 0 Å². The van der Waals surface area contributed by atoms with Gasteiger partial charge in [0.2, 0.25) is 0 Å². The second kappa shape index (κ2) is 7.94. The Kier molecular flexibility index (Phi) is 5.62. The number of hydrogen-bond donors (Lipinski definition) is 1. The topological polar surface area (TPSA) is 71.0 Å². The van der Waals surface area contributed by atoms with Crippen molar-refractivity contribution in [1.82, 2.24) is 5.43 Å². The minimum atomic E-state index is -0.646. The number of nitrogens with one attached hydrogen (secondary N) is 1. The predicted molar refractivity (Wildman–Crippen MR) is 101 cm³/mol. The average Bonchev–Trinajstić information content (AvgIpc) is 2.66. The molecule has 0 aliphatic carbocycles. The van der Waals surface area contributed by atoms with Crippen LogP contribution >= 0.6 is 23.2 Å². The Labute approximate surface area is 164 Å². The van der Waals surface area contributed by atoms with Gasteiger partial charge in [0.05, 0.1) is 21.4 Å². The van der Waals surface area contributed by atoms with Gasteiger partial charge in [-0.1, -0.05) is 35.3 Å². The summed E-state index contributed by atoms with van der Waals surface area (Å²) < 4.78 is 18.9. The molecule has 2 amide bonds. The highest BCUT2D eigenvalue weighted by molar-refractivity contribution is 6.40. The zero-order valence-electron chi connectivity index (χ0n) is 14.1. The van der Waals surface area contributed by atoms with Crippen LogP contribution in [0.1, 0.15) is 12.5 Å². The highest BCUT2D eigenvalue weighted by Gasteiger charge is 2.27. The van der Waals surface area contributed by atoms with E-state index in [0.29, 0.717) is 11.4 Å². The summed E-state index contributed by atoms with van der Waals surface area (Å²) in [5, 5.41) is 3.93. The Hall–Kier alpha value is -2.64. The molecule has 0 aromatic heterocycles. The second-order valence-corrected chi connectivity index (χ2v) is 6.47. The predicted octanol–water partition coefficient (Wildman–Crippen LogP) is 3.40. The van der Waals surface area contributed by atoms with Crippen LogP contribution in [0.3, 0.4) is 0 Å². The lowest BCUT2D eigenvalue weighted by Gasteiger charge is -2.28. The van der Waals surface area contributed by atoms with E-state index in [0.717, 1.165) is 6.07 Å². The van der Waals surface area contributed by atoms with Crippen LogP contribution in [-0.2, 0) is 9.59 Å². The van der Waals surface area contributed by atoms with Crippen molar-refractivity contribution in [3.05, 3.63) is 57.8 Å². The molecule has 0 radical (unpaired) electrons. The second-order valence-electron chi connectivity index (χ2n) is 5.69. The van der Waals surface area contributed by atoms with E-state index in [1.54, 1.807) is 24.3 Å². The van der Waals surface area contributed by atoms with Gasteiger partial charge in [0.15, 0.2) is 6.61 Å². The van der Waals surface area contributed by atoms with Gasteiger partial charge < -0.3 is 4.74 Å². The van der Waals surface area contributed by atoms with Gasteiger partial charge in [-0.15, -0.1) is 0 Å². The van der Waals surface area contributed by atoms with E-state index in [4.69, 9.17) is 27.9 Å². The van der Waals surface area contributed by atoms with Crippen molar-refractivity contribution in [2.24, 2.45) is 5.10 Å². The fraction of sp³-hybridized carbons (Fsp3) is 0.167. The normalized spacial score (nSPS) is 13.9. The van der Waals surface area contributed by atoms with E-state index in [1.807, 2.05) is 0 Å². The van der Waals surface area contributed by atoms with E-state index in [2.05, 4.69) is 10.5 Å². The molecule has 2 aromatic carbocycles. The lowest BCUT2D eigenvalue weighted by molar-refractivity contribution is -0.125. The fourth-order valence-corrected chi connectivity index (χ4v) is 3.21. The van der Waals surface area contributed by atoms with Crippen LogP contribution in [0.25, 0.3) is 0 Å². The summed E-state index contributed by atoms with van der Waals surface area (Å²) in [4.78, 5) is 25.6. The number of carbonyl (C=O) groups excluding carboxylic acids is 2. The van der Waals surface area contributed by atoms with Gasteiger partial charge in [-0.2, -0.15) is 5.10 Å². The summed E-state index contributed by atoms with van der Waals surface area (Å²) in [5.74, 6) is -1.01. The minimum Gasteiger partial charge on any atom is -0.482 e. The summed E-state index contributed by atoms with van der Waals surface area (Å²) in [6.07, 6.45) is 0. The number of hydrogen-bond acceptors (Lipinski definition) is 4. The largest absolute Gasteiger partial charge is 0.482 e. The van der Waals surface area contributed by atoms with Gasteiger partial charge in [-0.25, -0.2) is 9.82 Å². The molecule has 27 heavy (non-hydrogen) atoms. The Morgan fingerprint density at radius 1 is 1.30 bits per heavy atom. The lowest BCUT2D eigenvalue weighted by atomic mass is 10.1. The molecule has 0 unspecified atom stereocenters. The number of amides is 2. The number of fused-ring (bicyclic) bond motifs is 1. The zero-order chi connectivity index (χ0) is 19.6. The molecule has 0 bridgehead atoms. The number of rotatable bonds is 4. The number of ether oxygens (including phenoxy) is 1. The number of benzene rings is 2. The van der Waals surface area contributed by atoms with Crippen LogP contribution in [0.4, 0.5) is 10.1 Å². The Bertz CT molecular complexity index is 949. The molecule has 9 heteroatoms. The van der Waals surface area contributed by atoms with Gasteiger partial charge in [-0.3, -0.25) is 14.5 Å². The SMILES string of the molecule is C/C(=N/NC(=O)CN1C(=O)COc2ccccc21)c1c(Cl)ccc(F)c1Cl. The number of hydrazone groups is 1. The van der Waals surface area contributed by atoms with Crippen molar-refractivity contribution in [3.8, 4) is 5.75 Å². The van der Waals surface area contributed by atoms with Crippen LogP contribution in [0.2, 0.25) is 10.0 Å². The van der Waals surface area contributed by atoms with E-state index < -0.39 is 11.7 Å². The fourth-order valence-electron chi connectivity index (χ4n) is 2.57. The van der Waals surface area contributed by atoms with Gasteiger partial charge in [-0.05, 0) is 31.2 Å². The Morgan fingerprint density at radius 2 is 2.04 bits per heavy atom. The molecule has 140 valence electrons. The molecule has 1 heterocycles. The zero-order valence-corrected chi connectivity index (χ0v) is 15.6. The summed E-state index contributed by atoms with van der Waals surface area (Å²) in [6.45, 7) is 1.13. The first-order valence-electron chi connectivity index (χ1n) is 7.87. The van der Waals surface area contributed by atoms with Crippen LogP contribution in [-0.4, -0.2) is 30.7 Å². The average molecular weight is 410 g/mol. The molecule has 0 saturated carbocycles. The van der Waals surface area contributed by atoms with Crippen molar-refractivity contribution in [2.45, 2.75) is 6.92 Å². The van der Waals surface area contributed by atoms with Crippen LogP contribution in [0, 0.1) is 5.82 Å². The molecule has 1 aliphatic heterocycles. The Morgan fingerprint density at radius 3 is 2.81 bits per heavy atom. The summed E-state index contributed by atoms with van der Waals surface area (Å²) in [7, 11) is 0. The van der Waals surface area contributed by atoms with E-state index in [9.17, 15) is 14.0 Å². The van der Waals surface area contributed by atoms with Crippen LogP contribution in [0.5, 0.6) is 5.75 Å². The molecule has 0 atom stereocenters. The van der Waals surface area contributed by atoms with Crippen LogP contribution in [0.15, 0.2) is 41.5 Å². The summed E-state index contributed by atoms with van der Waals surface area (Å²) in [5.41, 5.74) is 3.24. The third-order valence-electron chi connectivity index (χ3n) is 3.86. The Balaban J connectivity index is 1.74. The van der Waals surface area contributed by atoms with Gasteiger partial charge >= 0.3 is 0 Å². The standard InChI is InChI=1S/C18H14Cl2FN3O3/c1-10(17-11(19)6-7-12(21)18(17)20)22-23-15(25)8-24-13-4-2-3-5-14(13)27-9-16(24)26/h2-7H,8-9H2,1H3,(H,23,25)/b22-10-. The molecule has 0 fully saturated rings. The molecule has 0 saturated heterocycles. The number of carbonyl (C=O) groups is 2. The first-order valence-corrected chi connectivity index (χ1v) is 8.63. The number of halogens is 3. The van der Waals surface area contributed by atoms with Crippen molar-refractivity contribution in [2.75, 3.05) is 18.1 Å². The van der Waals surface area contributed by atoms with Gasteiger partial charge in [0.25, 0.3) is 11.8 Å². The number of nitrogens with zero attached hydrogens (tertiary/aromatic N) is 2. The van der Waals surface area contributed by atoms with Crippen molar-refractivity contribution in [1.29, 1.82) is 0 Å². The quantitative estimate of drug-likeness (QED) is 0.477. The van der Waals surface area contributed by atoms with E-state index in [1.165, 1.54) is 17.9 Å². The first kappa shape index (κ1) is 19.1.